The molecule has 0 atom stereocenters. The molecule has 1 amide bonds. The first-order chi connectivity index (χ1) is 24.2. The molecule has 278 valence electrons. The van der Waals surface area contributed by atoms with Gasteiger partial charge in [-0.25, -0.2) is 9.97 Å². The summed E-state index contributed by atoms with van der Waals surface area (Å²) in [5.41, 5.74) is -4.41. The van der Waals surface area contributed by atoms with Crippen LogP contribution in [0.2, 0.25) is 0 Å². The summed E-state index contributed by atoms with van der Waals surface area (Å²) < 4.78 is 135. The Morgan fingerprint density at radius 1 is 0.788 bits per heavy atom. The zero-order chi connectivity index (χ0) is 38.4. The van der Waals surface area contributed by atoms with Crippen LogP contribution >= 0.6 is 0 Å². The van der Waals surface area contributed by atoms with Gasteiger partial charge in [0.2, 0.25) is 11.9 Å². The van der Waals surface area contributed by atoms with Crippen LogP contribution in [0.1, 0.15) is 47.6 Å². The lowest BCUT2D eigenvalue weighted by Gasteiger charge is -2.26. The van der Waals surface area contributed by atoms with Gasteiger partial charge in [0.1, 0.15) is 5.75 Å². The van der Waals surface area contributed by atoms with Crippen LogP contribution in [-0.4, -0.2) is 40.7 Å². The lowest BCUT2D eigenvalue weighted by molar-refractivity contribution is -0.143. The number of methoxy groups -OCH3 is 1. The van der Waals surface area contributed by atoms with Crippen molar-refractivity contribution in [1.29, 1.82) is 0 Å². The fraction of sp³-hybridized carbons (Fsp3) is 0.294. The number of ether oxygens (including phenoxy) is 2. The Balaban J connectivity index is 1.87. The minimum Gasteiger partial charge on any atom is -0.496 e. The van der Waals surface area contributed by atoms with Crippen molar-refractivity contribution in [1.82, 2.24) is 9.97 Å². The largest absolute Gasteiger partial charge is 0.496 e. The summed E-state index contributed by atoms with van der Waals surface area (Å²) >= 11 is 0. The Bertz CT molecular complexity index is 1860. The van der Waals surface area contributed by atoms with Gasteiger partial charge in [0.25, 0.3) is 0 Å². The Morgan fingerprint density at radius 3 is 1.94 bits per heavy atom. The number of halogens is 9. The number of carboxylic acid groups (broad SMARTS) is 1. The Kier molecular flexibility index (Phi) is 11.9. The highest BCUT2D eigenvalue weighted by Crippen LogP contribution is 2.40. The maximum atomic E-state index is 14.0. The molecule has 1 aromatic heterocycles. The number of hydrogen-bond acceptors (Lipinski definition) is 7. The van der Waals surface area contributed by atoms with Crippen LogP contribution in [-0.2, 0) is 41.2 Å². The zero-order valence-corrected chi connectivity index (χ0v) is 27.2. The first kappa shape index (κ1) is 39.2. The molecule has 0 bridgehead atoms. The number of nitrogens with zero attached hydrogens (tertiary/aromatic N) is 3. The normalized spacial score (nSPS) is 12.0. The summed E-state index contributed by atoms with van der Waals surface area (Å²) in [6.07, 6.45) is -13.1. The van der Waals surface area contributed by atoms with Crippen LogP contribution in [0.5, 0.6) is 11.5 Å². The van der Waals surface area contributed by atoms with Gasteiger partial charge in [-0.1, -0.05) is 6.07 Å². The third-order valence-electron chi connectivity index (χ3n) is 7.33. The van der Waals surface area contributed by atoms with Crippen molar-refractivity contribution < 1.29 is 63.7 Å². The molecule has 2 N–H and O–H groups in total. The Morgan fingerprint density at radius 2 is 1.40 bits per heavy atom. The molecule has 1 heterocycles. The van der Waals surface area contributed by atoms with E-state index in [1.807, 2.05) is 0 Å². The third kappa shape index (κ3) is 10.5. The summed E-state index contributed by atoms with van der Waals surface area (Å²) in [6.45, 7) is -0.167. The van der Waals surface area contributed by atoms with Crippen molar-refractivity contribution in [3.8, 4) is 22.6 Å². The number of carbonyl (C=O) groups is 2. The summed E-state index contributed by atoms with van der Waals surface area (Å²) in [4.78, 5) is 31.8. The van der Waals surface area contributed by atoms with E-state index in [-0.39, 0.29) is 65.3 Å². The lowest BCUT2D eigenvalue weighted by atomic mass is 9.95. The van der Waals surface area contributed by atoms with Gasteiger partial charge in [-0.3, -0.25) is 9.59 Å². The monoisotopic (exact) mass is 744 g/mol. The summed E-state index contributed by atoms with van der Waals surface area (Å²) in [5, 5.41) is 11.4. The van der Waals surface area contributed by atoms with Crippen molar-refractivity contribution in [3.05, 3.63) is 94.8 Å². The van der Waals surface area contributed by atoms with E-state index in [1.165, 1.54) is 32.2 Å². The van der Waals surface area contributed by atoms with E-state index in [4.69, 9.17) is 14.6 Å². The van der Waals surface area contributed by atoms with Crippen LogP contribution in [0.4, 0.5) is 51.1 Å². The lowest BCUT2D eigenvalue weighted by Crippen LogP contribution is -2.25. The number of hydrogen-bond donors (Lipinski definition) is 2. The van der Waals surface area contributed by atoms with E-state index in [9.17, 15) is 49.1 Å². The molecular weight excluding hydrogens is 715 g/mol. The second-order valence-corrected chi connectivity index (χ2v) is 11.3. The number of carboxylic acids is 1. The molecule has 9 nitrogen and oxygen atoms in total. The Hall–Kier alpha value is -5.55. The van der Waals surface area contributed by atoms with E-state index < -0.39 is 65.7 Å². The van der Waals surface area contributed by atoms with E-state index in [0.717, 1.165) is 35.5 Å². The molecule has 18 heteroatoms. The standard InChI is InChI=1S/C34H29F9N4O5/c1-19(48)46-25-6-8-29(51-2)28(14-25)27-7-5-22(32(35,36)37)12-21(27)18-47(31-44-15-26(16-45-31)52-9-3-4-30(49)50)17-20-10-23(33(38,39)40)13-24(11-20)34(41,42)43/h5-8,10-16H,3-4,9,17-18H2,1-2H3,(H,46,48)(H,49,50). The molecule has 0 saturated heterocycles. The van der Waals surface area contributed by atoms with Crippen LogP contribution < -0.4 is 19.7 Å². The summed E-state index contributed by atoms with van der Waals surface area (Å²) in [6, 6.07) is 7.91. The van der Waals surface area contributed by atoms with Crippen molar-refractivity contribution in [3.63, 3.8) is 0 Å². The molecule has 0 aliphatic heterocycles. The molecule has 0 fully saturated rings. The number of aromatic nitrogens is 2. The predicted octanol–water partition coefficient (Wildman–Crippen LogP) is 8.62. The number of nitrogens with one attached hydrogen (secondary N) is 1. The molecule has 52 heavy (non-hydrogen) atoms. The number of anilines is 2. The van der Waals surface area contributed by atoms with Gasteiger partial charge in [-0.2, -0.15) is 39.5 Å². The van der Waals surface area contributed by atoms with Crippen LogP contribution in [0.3, 0.4) is 0 Å². The van der Waals surface area contributed by atoms with Crippen molar-refractivity contribution >= 4 is 23.5 Å². The number of aliphatic carboxylic acids is 1. The average molecular weight is 745 g/mol. The molecular formula is C34H29F9N4O5. The van der Waals surface area contributed by atoms with Gasteiger partial charge in [0.05, 0.1) is 42.8 Å². The first-order valence-electron chi connectivity index (χ1n) is 15.1. The van der Waals surface area contributed by atoms with Crippen LogP contribution in [0.15, 0.2) is 67.0 Å². The van der Waals surface area contributed by atoms with Gasteiger partial charge in [-0.05, 0) is 71.6 Å². The summed E-state index contributed by atoms with van der Waals surface area (Å²) in [7, 11) is 1.29. The predicted molar refractivity (Wildman–Crippen MR) is 168 cm³/mol. The maximum absolute atomic E-state index is 14.0. The van der Waals surface area contributed by atoms with Gasteiger partial charge < -0.3 is 24.8 Å². The van der Waals surface area contributed by atoms with Crippen LogP contribution in [0.25, 0.3) is 11.1 Å². The topological polar surface area (TPSA) is 114 Å². The minimum atomic E-state index is -5.18. The molecule has 0 aliphatic rings. The van der Waals surface area contributed by atoms with E-state index in [0.29, 0.717) is 12.1 Å². The average Bonchev–Trinajstić information content (AvgIpc) is 3.05. The van der Waals surface area contributed by atoms with Crippen molar-refractivity contribution in [2.45, 2.75) is 51.4 Å². The molecule has 0 radical (unpaired) electrons. The van der Waals surface area contributed by atoms with E-state index >= 15 is 0 Å². The molecule has 0 aliphatic carbocycles. The highest BCUT2D eigenvalue weighted by molar-refractivity contribution is 5.90. The second kappa shape index (κ2) is 15.8. The molecule has 0 saturated carbocycles. The van der Waals surface area contributed by atoms with Gasteiger partial charge in [0.15, 0.2) is 5.75 Å². The molecule has 4 rings (SSSR count). The van der Waals surface area contributed by atoms with Gasteiger partial charge in [0, 0.05) is 37.7 Å². The number of benzene rings is 3. The molecule has 3 aromatic carbocycles. The summed E-state index contributed by atoms with van der Waals surface area (Å²) in [5.74, 6) is -1.64. The fourth-order valence-electron chi connectivity index (χ4n) is 5.06. The highest BCUT2D eigenvalue weighted by atomic mass is 19.4. The van der Waals surface area contributed by atoms with Gasteiger partial charge >= 0.3 is 24.5 Å². The number of carbonyl (C=O) groups excluding carboxylic acids is 1. The van der Waals surface area contributed by atoms with Crippen molar-refractivity contribution in [2.75, 3.05) is 23.9 Å². The first-order valence-corrected chi connectivity index (χ1v) is 15.1. The molecule has 0 spiro atoms. The van der Waals surface area contributed by atoms with Crippen LogP contribution in [0, 0.1) is 0 Å². The molecule has 4 aromatic rings. The van der Waals surface area contributed by atoms with E-state index in [2.05, 4.69) is 15.3 Å². The number of alkyl halides is 9. The quantitative estimate of drug-likeness (QED) is 0.103. The van der Waals surface area contributed by atoms with Crippen molar-refractivity contribution in [2.24, 2.45) is 0 Å². The SMILES string of the molecule is COc1ccc(NC(C)=O)cc1-c1ccc(C(F)(F)F)cc1CN(Cc1cc(C(F)(F)F)cc(C(F)(F)F)c1)c1ncc(OCCCC(=O)O)cn1. The zero-order valence-electron chi connectivity index (χ0n) is 27.2. The Labute approximate surface area is 290 Å². The second-order valence-electron chi connectivity index (χ2n) is 11.3. The maximum Gasteiger partial charge on any atom is 0.416 e. The minimum absolute atomic E-state index is 0.0341. The fourth-order valence-corrected chi connectivity index (χ4v) is 5.06. The molecule has 0 unspecified atom stereocenters. The number of amides is 1. The van der Waals surface area contributed by atoms with E-state index in [1.54, 1.807) is 0 Å². The highest BCUT2D eigenvalue weighted by Gasteiger charge is 2.37. The van der Waals surface area contributed by atoms with Gasteiger partial charge in [-0.15, -0.1) is 0 Å². The smallest absolute Gasteiger partial charge is 0.416 e. The third-order valence-corrected chi connectivity index (χ3v) is 7.33. The number of rotatable bonds is 13.